The van der Waals surface area contributed by atoms with E-state index in [1.165, 1.54) is 5.56 Å². The molecule has 1 aliphatic rings. The van der Waals surface area contributed by atoms with Gasteiger partial charge >= 0.3 is 5.97 Å². The maximum absolute atomic E-state index is 12.3. The van der Waals surface area contributed by atoms with Crippen molar-refractivity contribution in [3.05, 3.63) is 105 Å². The summed E-state index contributed by atoms with van der Waals surface area (Å²) in [6.07, 6.45) is 1.64. The summed E-state index contributed by atoms with van der Waals surface area (Å²) >= 11 is 12.6. The highest BCUT2D eigenvalue weighted by atomic mass is 35.5. The molecule has 0 aliphatic carbocycles. The van der Waals surface area contributed by atoms with E-state index in [-0.39, 0.29) is 0 Å². The molecule has 1 heterocycles. The molecule has 0 aromatic heterocycles. The molecule has 0 radical (unpaired) electrons. The summed E-state index contributed by atoms with van der Waals surface area (Å²) in [6.45, 7) is 2.35. The smallest absolute Gasteiger partial charge is 0.368 e. The molecule has 0 saturated carbocycles. The lowest BCUT2D eigenvalue weighted by Crippen LogP contribution is -2.07. The normalized spacial score (nSPS) is 14.6. The van der Waals surface area contributed by atoms with Crippen molar-refractivity contribution < 1.29 is 14.4 Å². The maximum Gasteiger partial charge on any atom is 0.368 e. The van der Waals surface area contributed by atoms with Gasteiger partial charge in [0.2, 0.25) is 0 Å². The molecule has 30 heavy (non-hydrogen) atoms. The molecular formula is C24H17Cl2NO3. The number of benzene rings is 3. The largest absolute Gasteiger partial charge is 0.487 e. The van der Waals surface area contributed by atoms with E-state index >= 15 is 0 Å². The van der Waals surface area contributed by atoms with Crippen molar-refractivity contribution in [3.63, 3.8) is 0 Å². The summed E-state index contributed by atoms with van der Waals surface area (Å²) in [4.78, 5) is 17.3. The number of carbonyl (C=O) groups is 1. The fourth-order valence-electron chi connectivity index (χ4n) is 3.05. The fourth-order valence-corrected chi connectivity index (χ4v) is 3.61. The highest BCUT2D eigenvalue weighted by Gasteiger charge is 2.27. The molecule has 0 fully saturated rings. The number of hydrogen-bond acceptors (Lipinski definition) is 4. The minimum Gasteiger partial charge on any atom is -0.487 e. The predicted octanol–water partition coefficient (Wildman–Crippen LogP) is 6.23. The van der Waals surface area contributed by atoms with E-state index in [9.17, 15) is 4.79 Å². The van der Waals surface area contributed by atoms with E-state index < -0.39 is 5.97 Å². The summed E-state index contributed by atoms with van der Waals surface area (Å²) in [7, 11) is 0. The van der Waals surface area contributed by atoms with E-state index in [1.807, 2.05) is 61.5 Å². The molecule has 0 amide bonds. The molecule has 1 aliphatic heterocycles. The number of nitrogens with zero attached hydrogens (tertiary/aromatic N) is 1. The van der Waals surface area contributed by atoms with Crippen LogP contribution in [0.25, 0.3) is 6.08 Å². The second kappa shape index (κ2) is 8.74. The van der Waals surface area contributed by atoms with Gasteiger partial charge in [-0.2, -0.15) is 0 Å². The predicted molar refractivity (Wildman–Crippen MR) is 119 cm³/mol. The quantitative estimate of drug-likeness (QED) is 0.351. The van der Waals surface area contributed by atoms with Gasteiger partial charge in [0.1, 0.15) is 18.1 Å². The molecule has 4 rings (SSSR count). The van der Waals surface area contributed by atoms with Gasteiger partial charge in [-0.25, -0.2) is 4.79 Å². The Hall–Kier alpha value is -3.08. The molecular weight excluding hydrogens is 421 g/mol. The van der Waals surface area contributed by atoms with Gasteiger partial charge in [0, 0.05) is 16.1 Å². The van der Waals surface area contributed by atoms with Crippen LogP contribution in [0.1, 0.15) is 22.3 Å². The topological polar surface area (TPSA) is 47.9 Å². The Morgan fingerprint density at radius 1 is 1.03 bits per heavy atom. The second-order valence-corrected chi connectivity index (χ2v) is 7.67. The first-order chi connectivity index (χ1) is 14.5. The Labute approximate surface area is 184 Å². The van der Waals surface area contributed by atoms with Crippen molar-refractivity contribution >= 4 is 41.0 Å². The standard InChI is InChI=1S/C24H17Cl2NO3/c1-15-7-9-16(10-8-15)14-29-23-18(11-19(25)13-21(23)26)12-20-22(27-30-24(20)28)17-5-3-2-4-6-17/h2-13H,14H2,1H3/b20-12-. The maximum atomic E-state index is 12.3. The molecule has 0 saturated heterocycles. The number of ether oxygens (including phenoxy) is 1. The number of halogens is 2. The molecule has 0 spiro atoms. The van der Waals surface area contributed by atoms with Crippen molar-refractivity contribution in [2.24, 2.45) is 5.16 Å². The zero-order chi connectivity index (χ0) is 21.1. The Kier molecular flexibility index (Phi) is 5.88. The molecule has 3 aromatic rings. The third kappa shape index (κ3) is 4.40. The summed E-state index contributed by atoms with van der Waals surface area (Å²) in [6, 6.07) is 20.6. The first kappa shape index (κ1) is 20.2. The van der Waals surface area contributed by atoms with Crippen LogP contribution in [0, 0.1) is 6.92 Å². The van der Waals surface area contributed by atoms with Crippen molar-refractivity contribution in [3.8, 4) is 5.75 Å². The Bertz CT molecular complexity index is 1150. The van der Waals surface area contributed by atoms with E-state index in [0.717, 1.165) is 11.1 Å². The van der Waals surface area contributed by atoms with E-state index in [0.29, 0.717) is 39.2 Å². The molecule has 6 heteroatoms. The van der Waals surface area contributed by atoms with Gasteiger partial charge in [0.05, 0.1) is 10.6 Å². The first-order valence-corrected chi connectivity index (χ1v) is 10.0. The number of carbonyl (C=O) groups excluding carboxylic acids is 1. The summed E-state index contributed by atoms with van der Waals surface area (Å²) in [5.74, 6) is -0.115. The second-order valence-electron chi connectivity index (χ2n) is 6.82. The monoisotopic (exact) mass is 437 g/mol. The Morgan fingerprint density at radius 2 is 1.77 bits per heavy atom. The van der Waals surface area contributed by atoms with Crippen LogP contribution >= 0.6 is 23.2 Å². The summed E-state index contributed by atoms with van der Waals surface area (Å²) < 4.78 is 6.01. The lowest BCUT2D eigenvalue weighted by molar-refractivity contribution is -0.136. The first-order valence-electron chi connectivity index (χ1n) is 9.25. The molecule has 0 N–H and O–H groups in total. The lowest BCUT2D eigenvalue weighted by atomic mass is 10.0. The van der Waals surface area contributed by atoms with Crippen LogP contribution in [0.2, 0.25) is 10.0 Å². The number of rotatable bonds is 5. The zero-order valence-electron chi connectivity index (χ0n) is 16.1. The van der Waals surface area contributed by atoms with Gasteiger partial charge in [0.25, 0.3) is 0 Å². The van der Waals surface area contributed by atoms with Crippen molar-refractivity contribution in [1.29, 1.82) is 0 Å². The Balaban J connectivity index is 1.70. The van der Waals surface area contributed by atoms with Crippen LogP contribution in [0.5, 0.6) is 5.75 Å². The SMILES string of the molecule is Cc1ccc(COc2c(Cl)cc(Cl)cc2/C=C2\C(=O)ON=C2c2ccccc2)cc1. The third-order valence-corrected chi connectivity index (χ3v) is 5.08. The van der Waals surface area contributed by atoms with Crippen molar-refractivity contribution in [1.82, 2.24) is 0 Å². The van der Waals surface area contributed by atoms with Gasteiger partial charge in [-0.1, -0.05) is 88.5 Å². The van der Waals surface area contributed by atoms with Crippen LogP contribution in [-0.4, -0.2) is 11.7 Å². The minimum atomic E-state index is -0.547. The summed E-state index contributed by atoms with van der Waals surface area (Å²) in [5.41, 5.74) is 4.25. The van der Waals surface area contributed by atoms with E-state index in [4.69, 9.17) is 32.8 Å². The van der Waals surface area contributed by atoms with Gasteiger partial charge in [-0.15, -0.1) is 0 Å². The highest BCUT2D eigenvalue weighted by molar-refractivity contribution is 6.36. The average molecular weight is 438 g/mol. The fraction of sp³-hybridized carbons (Fsp3) is 0.0833. The number of oxime groups is 1. The lowest BCUT2D eigenvalue weighted by Gasteiger charge is -2.13. The number of aryl methyl sites for hydroxylation is 1. The zero-order valence-corrected chi connectivity index (χ0v) is 17.6. The van der Waals surface area contributed by atoms with Crippen LogP contribution in [0.3, 0.4) is 0 Å². The average Bonchev–Trinajstić information content (AvgIpc) is 3.09. The molecule has 150 valence electrons. The van der Waals surface area contributed by atoms with Crippen LogP contribution in [-0.2, 0) is 16.2 Å². The molecule has 0 bridgehead atoms. The van der Waals surface area contributed by atoms with Crippen LogP contribution in [0.4, 0.5) is 0 Å². The van der Waals surface area contributed by atoms with Crippen LogP contribution in [0.15, 0.2) is 77.5 Å². The van der Waals surface area contributed by atoms with Crippen LogP contribution < -0.4 is 4.74 Å². The molecule has 4 nitrogen and oxygen atoms in total. The molecule has 0 atom stereocenters. The third-order valence-electron chi connectivity index (χ3n) is 4.58. The van der Waals surface area contributed by atoms with Gasteiger partial charge in [-0.05, 0) is 30.7 Å². The van der Waals surface area contributed by atoms with Gasteiger partial charge < -0.3 is 9.57 Å². The Morgan fingerprint density at radius 3 is 2.50 bits per heavy atom. The van der Waals surface area contributed by atoms with Crippen molar-refractivity contribution in [2.45, 2.75) is 13.5 Å². The molecule has 0 unspecified atom stereocenters. The highest BCUT2D eigenvalue weighted by Crippen LogP contribution is 2.35. The minimum absolute atomic E-state index is 0.305. The van der Waals surface area contributed by atoms with Crippen molar-refractivity contribution in [2.75, 3.05) is 0 Å². The summed E-state index contributed by atoms with van der Waals surface area (Å²) in [5, 5.41) is 4.72. The molecule has 3 aromatic carbocycles. The number of hydrogen-bond donors (Lipinski definition) is 0. The van der Waals surface area contributed by atoms with Gasteiger partial charge in [-0.3, -0.25) is 0 Å². The van der Waals surface area contributed by atoms with Gasteiger partial charge in [0.15, 0.2) is 0 Å². The van der Waals surface area contributed by atoms with E-state index in [1.54, 1.807) is 18.2 Å². The van der Waals surface area contributed by atoms with E-state index in [2.05, 4.69) is 5.16 Å².